The van der Waals surface area contributed by atoms with E-state index in [2.05, 4.69) is 73.5 Å². The number of hydrogen-bond donors (Lipinski definition) is 1. The van der Waals surface area contributed by atoms with Gasteiger partial charge >= 0.3 is 0 Å². The minimum Gasteiger partial charge on any atom is -0.339 e. The molecule has 2 fully saturated rings. The Balaban J connectivity index is 1.32. The van der Waals surface area contributed by atoms with Crippen LogP contribution in [0.2, 0.25) is 0 Å². The molecule has 28 heavy (non-hydrogen) atoms. The van der Waals surface area contributed by atoms with Gasteiger partial charge in [0, 0.05) is 29.3 Å². The Morgan fingerprint density at radius 3 is 2.61 bits per heavy atom. The third kappa shape index (κ3) is 2.96. The summed E-state index contributed by atoms with van der Waals surface area (Å²) in [6.45, 7) is 2.59. The molecule has 0 saturated carbocycles. The van der Waals surface area contributed by atoms with E-state index in [0.717, 1.165) is 44.5 Å². The molecule has 5 heteroatoms. The fourth-order valence-electron chi connectivity index (χ4n) is 5.33. The van der Waals surface area contributed by atoms with Gasteiger partial charge in [0.2, 0.25) is 5.91 Å². The van der Waals surface area contributed by atoms with Gasteiger partial charge in [-0.2, -0.15) is 0 Å². The maximum Gasteiger partial charge on any atom is 0.247 e. The number of carbonyl (C=O) groups is 1. The highest BCUT2D eigenvalue weighted by Crippen LogP contribution is 2.38. The van der Waals surface area contributed by atoms with Crippen LogP contribution in [0, 0.1) is 0 Å². The average molecular weight is 440 g/mol. The van der Waals surface area contributed by atoms with E-state index in [1.807, 2.05) is 6.07 Å². The summed E-state index contributed by atoms with van der Waals surface area (Å²) in [6.07, 6.45) is 5.27. The molecule has 1 amide bonds. The van der Waals surface area contributed by atoms with Gasteiger partial charge in [-0.3, -0.25) is 9.69 Å². The molecule has 146 valence electrons. The summed E-state index contributed by atoms with van der Waals surface area (Å²) in [5.74, 6) is 0.202. The average Bonchev–Trinajstić information content (AvgIpc) is 3.05. The Hall–Kier alpha value is -1.85. The van der Waals surface area contributed by atoms with Crippen molar-refractivity contribution in [2.24, 2.45) is 0 Å². The van der Waals surface area contributed by atoms with Crippen LogP contribution in [0.1, 0.15) is 30.4 Å². The van der Waals surface area contributed by atoms with Crippen LogP contribution in [0.4, 0.5) is 5.69 Å². The summed E-state index contributed by atoms with van der Waals surface area (Å²) in [6, 6.07) is 17.5. The SMILES string of the molecule is O=C1NCN(c2ccccc2)C12CCN(C1CCc3cccc(Br)c3C1)CC2. The molecule has 0 radical (unpaired) electrons. The number of anilines is 1. The molecule has 5 rings (SSSR count). The molecule has 1 spiro atoms. The number of nitrogens with zero attached hydrogens (tertiary/aromatic N) is 2. The number of aryl methyl sites for hydroxylation is 1. The molecule has 0 aromatic heterocycles. The summed E-state index contributed by atoms with van der Waals surface area (Å²) in [7, 11) is 0. The minimum absolute atomic E-state index is 0.202. The molecule has 3 aliphatic rings. The Morgan fingerprint density at radius 2 is 1.82 bits per heavy atom. The Kier molecular flexibility index (Phi) is 4.68. The zero-order valence-corrected chi connectivity index (χ0v) is 17.6. The molecule has 1 unspecified atom stereocenters. The first-order valence-electron chi connectivity index (χ1n) is 10.3. The van der Waals surface area contributed by atoms with E-state index < -0.39 is 0 Å². The van der Waals surface area contributed by atoms with Crippen molar-refractivity contribution in [2.75, 3.05) is 24.7 Å². The third-order valence-corrected chi connectivity index (χ3v) is 7.69. The number of halogens is 1. The number of carbonyl (C=O) groups excluding carboxylic acids is 1. The number of amides is 1. The maximum atomic E-state index is 12.8. The predicted octanol–water partition coefficient (Wildman–Crippen LogP) is 3.73. The Bertz CT molecular complexity index is 877. The lowest BCUT2D eigenvalue weighted by Crippen LogP contribution is -2.58. The third-order valence-electron chi connectivity index (χ3n) is 6.95. The van der Waals surface area contributed by atoms with Crippen molar-refractivity contribution in [1.82, 2.24) is 10.2 Å². The van der Waals surface area contributed by atoms with Crippen LogP contribution in [0.25, 0.3) is 0 Å². The molecule has 2 aliphatic heterocycles. The zero-order valence-electron chi connectivity index (χ0n) is 16.0. The quantitative estimate of drug-likeness (QED) is 0.773. The van der Waals surface area contributed by atoms with Crippen LogP contribution in [-0.2, 0) is 17.6 Å². The lowest BCUT2D eigenvalue weighted by molar-refractivity contribution is -0.125. The Morgan fingerprint density at radius 1 is 1.04 bits per heavy atom. The molecule has 0 bridgehead atoms. The summed E-state index contributed by atoms with van der Waals surface area (Å²) >= 11 is 3.75. The fourth-order valence-corrected chi connectivity index (χ4v) is 5.90. The van der Waals surface area contributed by atoms with Crippen molar-refractivity contribution in [3.8, 4) is 0 Å². The molecule has 1 aliphatic carbocycles. The first-order valence-corrected chi connectivity index (χ1v) is 11.1. The lowest BCUT2D eigenvalue weighted by Gasteiger charge is -2.46. The maximum absolute atomic E-state index is 12.8. The van der Waals surface area contributed by atoms with Crippen LogP contribution in [-0.4, -0.2) is 42.1 Å². The van der Waals surface area contributed by atoms with E-state index in [9.17, 15) is 4.79 Å². The number of piperidine rings is 1. The van der Waals surface area contributed by atoms with E-state index in [0.29, 0.717) is 12.7 Å². The van der Waals surface area contributed by atoms with Gasteiger partial charge in [0.25, 0.3) is 0 Å². The normalized spacial score (nSPS) is 24.2. The van der Waals surface area contributed by atoms with E-state index in [1.165, 1.54) is 22.0 Å². The lowest BCUT2D eigenvalue weighted by atomic mass is 9.82. The van der Waals surface area contributed by atoms with Gasteiger partial charge in [-0.15, -0.1) is 0 Å². The molecule has 2 aromatic carbocycles. The van der Waals surface area contributed by atoms with Gasteiger partial charge in [0.1, 0.15) is 5.54 Å². The molecule has 4 nitrogen and oxygen atoms in total. The van der Waals surface area contributed by atoms with Gasteiger partial charge in [-0.1, -0.05) is 46.3 Å². The molecular weight excluding hydrogens is 414 g/mol. The highest BCUT2D eigenvalue weighted by atomic mass is 79.9. The minimum atomic E-state index is -0.384. The topological polar surface area (TPSA) is 35.6 Å². The second-order valence-corrected chi connectivity index (χ2v) is 9.12. The van der Waals surface area contributed by atoms with Crippen LogP contribution in [0.5, 0.6) is 0 Å². The van der Waals surface area contributed by atoms with Crippen LogP contribution in [0.15, 0.2) is 53.0 Å². The first-order chi connectivity index (χ1) is 13.7. The number of fused-ring (bicyclic) bond motifs is 1. The number of para-hydroxylation sites is 1. The summed E-state index contributed by atoms with van der Waals surface area (Å²) in [4.78, 5) is 17.8. The molecule has 2 aromatic rings. The van der Waals surface area contributed by atoms with Gasteiger partial charge in [0.05, 0.1) is 6.67 Å². The fraction of sp³-hybridized carbons (Fsp3) is 0.435. The van der Waals surface area contributed by atoms with Crippen LogP contribution >= 0.6 is 15.9 Å². The highest BCUT2D eigenvalue weighted by molar-refractivity contribution is 9.10. The predicted molar refractivity (Wildman–Crippen MR) is 115 cm³/mol. The number of hydrogen-bond acceptors (Lipinski definition) is 3. The highest BCUT2D eigenvalue weighted by Gasteiger charge is 2.50. The van der Waals surface area contributed by atoms with E-state index in [-0.39, 0.29) is 11.4 Å². The Labute approximate surface area is 175 Å². The molecule has 2 heterocycles. The largest absolute Gasteiger partial charge is 0.339 e. The van der Waals surface area contributed by atoms with E-state index >= 15 is 0 Å². The van der Waals surface area contributed by atoms with Crippen LogP contribution < -0.4 is 10.2 Å². The number of rotatable bonds is 2. The van der Waals surface area contributed by atoms with Crippen molar-refractivity contribution in [2.45, 2.75) is 43.7 Å². The summed E-state index contributed by atoms with van der Waals surface area (Å²) < 4.78 is 1.24. The first kappa shape index (κ1) is 18.2. The molecule has 2 saturated heterocycles. The van der Waals surface area contributed by atoms with Gasteiger partial charge in [-0.05, 0) is 61.4 Å². The summed E-state index contributed by atoms with van der Waals surface area (Å²) in [5, 5.41) is 3.11. The molecule has 1 N–H and O–H groups in total. The van der Waals surface area contributed by atoms with Gasteiger partial charge < -0.3 is 10.2 Å². The van der Waals surface area contributed by atoms with Crippen molar-refractivity contribution >= 4 is 27.5 Å². The standard InChI is InChI=1S/C23H26BrN3O/c24-21-8-4-5-17-9-10-19(15-20(17)21)26-13-11-23(12-14-26)22(28)25-16-27(23)18-6-2-1-3-7-18/h1-8,19H,9-16H2,(H,25,28). The van der Waals surface area contributed by atoms with Crippen LogP contribution in [0.3, 0.4) is 0 Å². The summed E-state index contributed by atoms with van der Waals surface area (Å²) in [5.41, 5.74) is 3.73. The van der Waals surface area contributed by atoms with Crippen molar-refractivity contribution < 1.29 is 4.79 Å². The van der Waals surface area contributed by atoms with Gasteiger partial charge in [-0.25, -0.2) is 0 Å². The number of likely N-dealkylation sites (tertiary alicyclic amines) is 1. The zero-order chi connectivity index (χ0) is 19.1. The smallest absolute Gasteiger partial charge is 0.247 e. The van der Waals surface area contributed by atoms with Crippen molar-refractivity contribution in [3.63, 3.8) is 0 Å². The number of benzene rings is 2. The van der Waals surface area contributed by atoms with E-state index in [1.54, 1.807) is 0 Å². The second-order valence-electron chi connectivity index (χ2n) is 8.27. The van der Waals surface area contributed by atoms with Gasteiger partial charge in [0.15, 0.2) is 0 Å². The molecular formula is C23H26BrN3O. The second kappa shape index (κ2) is 7.20. The monoisotopic (exact) mass is 439 g/mol. The van der Waals surface area contributed by atoms with Crippen molar-refractivity contribution in [3.05, 3.63) is 64.1 Å². The van der Waals surface area contributed by atoms with E-state index in [4.69, 9.17) is 0 Å². The number of nitrogens with one attached hydrogen (secondary N) is 1. The molecule has 1 atom stereocenters. The van der Waals surface area contributed by atoms with Crippen molar-refractivity contribution in [1.29, 1.82) is 0 Å².